The molecule has 1 radical (unpaired) electrons. The molecule has 0 aliphatic carbocycles. The summed E-state index contributed by atoms with van der Waals surface area (Å²) < 4.78 is 4.79. The number of hydrogen-bond acceptors (Lipinski definition) is 2. The Labute approximate surface area is 44.3 Å². The van der Waals surface area contributed by atoms with Gasteiger partial charge < -0.3 is 4.74 Å². The van der Waals surface area contributed by atoms with Gasteiger partial charge in [-0.1, -0.05) is 15.9 Å². The standard InChI is InChI=1S/C3H3BrNO/c4-3-1-5-2-6-3/h3H,2H2. The molecule has 0 aromatic heterocycles. The van der Waals surface area contributed by atoms with Gasteiger partial charge in [-0.3, -0.25) is 4.99 Å². The van der Waals surface area contributed by atoms with Crippen molar-refractivity contribution in [3.05, 3.63) is 0 Å². The van der Waals surface area contributed by atoms with E-state index in [1.54, 1.807) is 0 Å². The topological polar surface area (TPSA) is 21.6 Å². The van der Waals surface area contributed by atoms with Crippen molar-refractivity contribution in [3.63, 3.8) is 0 Å². The third-order valence-corrected chi connectivity index (χ3v) is 0.947. The lowest BCUT2D eigenvalue weighted by atomic mass is 10.8. The van der Waals surface area contributed by atoms with Crippen LogP contribution in [0.25, 0.3) is 0 Å². The molecule has 6 heavy (non-hydrogen) atoms. The van der Waals surface area contributed by atoms with E-state index in [0.717, 1.165) is 0 Å². The number of rotatable bonds is 0. The molecule has 1 unspecified atom stereocenters. The van der Waals surface area contributed by atoms with Crippen LogP contribution >= 0.6 is 15.9 Å². The van der Waals surface area contributed by atoms with Crippen LogP contribution in [0.2, 0.25) is 0 Å². The minimum absolute atomic E-state index is 0.0579. The van der Waals surface area contributed by atoms with Crippen LogP contribution in [0.15, 0.2) is 4.99 Å². The maximum absolute atomic E-state index is 4.79. The van der Waals surface area contributed by atoms with E-state index in [2.05, 4.69) is 27.1 Å². The normalized spacial score (nSPS) is 31.8. The summed E-state index contributed by atoms with van der Waals surface area (Å²) in [6, 6.07) is 0. The van der Waals surface area contributed by atoms with Gasteiger partial charge in [0.05, 0.1) is 0 Å². The summed E-state index contributed by atoms with van der Waals surface area (Å²) in [5, 5.41) is -0.0579. The summed E-state index contributed by atoms with van der Waals surface area (Å²) in [6.07, 6.45) is 2.64. The van der Waals surface area contributed by atoms with E-state index in [-0.39, 0.29) is 5.01 Å². The predicted molar refractivity (Wildman–Crippen MR) is 26.1 cm³/mol. The van der Waals surface area contributed by atoms with Gasteiger partial charge in [0.2, 0.25) is 0 Å². The van der Waals surface area contributed by atoms with Crippen LogP contribution in [0.4, 0.5) is 0 Å². The number of hydrogen-bond donors (Lipinski definition) is 0. The fraction of sp³-hybridized carbons (Fsp3) is 0.667. The molecule has 0 spiro atoms. The summed E-state index contributed by atoms with van der Waals surface area (Å²) in [5.41, 5.74) is 0. The molecule has 0 bridgehead atoms. The maximum Gasteiger partial charge on any atom is 0.158 e. The van der Waals surface area contributed by atoms with Gasteiger partial charge in [0, 0.05) is 0 Å². The molecule has 0 aromatic carbocycles. The van der Waals surface area contributed by atoms with Crippen LogP contribution in [0, 0.1) is 0 Å². The minimum atomic E-state index is -0.0579. The molecule has 33 valence electrons. The molecule has 0 aromatic rings. The highest BCUT2D eigenvalue weighted by Gasteiger charge is 2.03. The van der Waals surface area contributed by atoms with Crippen molar-refractivity contribution in [1.82, 2.24) is 0 Å². The summed E-state index contributed by atoms with van der Waals surface area (Å²) in [7, 11) is 0. The molecule has 1 atom stereocenters. The van der Waals surface area contributed by atoms with E-state index in [0.29, 0.717) is 6.73 Å². The summed E-state index contributed by atoms with van der Waals surface area (Å²) in [5.74, 6) is 0. The molecular weight excluding hydrogens is 146 g/mol. The Morgan fingerprint density at radius 2 is 2.83 bits per heavy atom. The van der Waals surface area contributed by atoms with Crippen molar-refractivity contribution in [1.29, 1.82) is 0 Å². The lowest BCUT2D eigenvalue weighted by Crippen LogP contribution is -1.94. The Hall–Kier alpha value is 0.110. The number of nitrogens with zero attached hydrogens (tertiary/aromatic N) is 1. The fourth-order valence-electron chi connectivity index (χ4n) is 0.249. The predicted octanol–water partition coefficient (Wildman–Crippen LogP) is 0.643. The van der Waals surface area contributed by atoms with Gasteiger partial charge in [-0.25, -0.2) is 0 Å². The van der Waals surface area contributed by atoms with Crippen molar-refractivity contribution in [2.45, 2.75) is 5.01 Å². The number of halogens is 1. The highest BCUT2D eigenvalue weighted by Crippen LogP contribution is 2.02. The second-order valence-electron chi connectivity index (χ2n) is 0.899. The van der Waals surface area contributed by atoms with Gasteiger partial charge in [-0.2, -0.15) is 0 Å². The van der Waals surface area contributed by atoms with Crippen LogP contribution in [0.5, 0.6) is 0 Å². The first-order valence-corrected chi connectivity index (χ1v) is 2.49. The van der Waals surface area contributed by atoms with Crippen molar-refractivity contribution in [2.75, 3.05) is 6.73 Å². The van der Waals surface area contributed by atoms with Gasteiger partial charge in [-0.05, 0) is 0 Å². The van der Waals surface area contributed by atoms with Crippen LogP contribution in [-0.2, 0) is 4.74 Å². The Balaban J connectivity index is 2.38. The average molecular weight is 149 g/mol. The van der Waals surface area contributed by atoms with Crippen molar-refractivity contribution in [3.8, 4) is 0 Å². The first-order chi connectivity index (χ1) is 2.89. The van der Waals surface area contributed by atoms with E-state index in [1.807, 2.05) is 0 Å². The largest absolute Gasteiger partial charge is 0.338 e. The molecular formula is C3H3BrNO. The van der Waals surface area contributed by atoms with E-state index >= 15 is 0 Å². The Morgan fingerprint density at radius 1 is 2.00 bits per heavy atom. The second kappa shape index (κ2) is 1.71. The SMILES string of the molecule is BrC1[C]=NCO1. The third-order valence-electron chi connectivity index (χ3n) is 0.478. The Bertz CT molecular complexity index is 73.2. The van der Waals surface area contributed by atoms with Crippen LogP contribution in [-0.4, -0.2) is 18.0 Å². The molecule has 0 fully saturated rings. The van der Waals surface area contributed by atoms with Gasteiger partial charge in [-0.15, -0.1) is 0 Å². The molecule has 1 heterocycles. The minimum Gasteiger partial charge on any atom is -0.338 e. The molecule has 0 amide bonds. The molecule has 2 nitrogen and oxygen atoms in total. The monoisotopic (exact) mass is 148 g/mol. The van der Waals surface area contributed by atoms with Gasteiger partial charge in [0.1, 0.15) is 12.9 Å². The molecule has 0 saturated carbocycles. The van der Waals surface area contributed by atoms with Gasteiger partial charge >= 0.3 is 0 Å². The molecule has 3 heteroatoms. The molecule has 1 aliphatic rings. The van der Waals surface area contributed by atoms with E-state index < -0.39 is 0 Å². The Kier molecular flexibility index (Phi) is 1.22. The Morgan fingerprint density at radius 3 is 3.00 bits per heavy atom. The number of ether oxygens (including phenoxy) is 1. The average Bonchev–Trinajstić information content (AvgIpc) is 1.86. The lowest BCUT2D eigenvalue weighted by molar-refractivity contribution is 0.186. The number of aliphatic imine (C=N–C) groups is 1. The first kappa shape index (κ1) is 4.27. The van der Waals surface area contributed by atoms with Gasteiger partial charge in [0.25, 0.3) is 0 Å². The molecule has 1 rings (SSSR count). The smallest absolute Gasteiger partial charge is 0.158 e. The molecule has 1 aliphatic heterocycles. The van der Waals surface area contributed by atoms with E-state index in [9.17, 15) is 0 Å². The first-order valence-electron chi connectivity index (χ1n) is 1.57. The summed E-state index contributed by atoms with van der Waals surface area (Å²) >= 11 is 3.11. The summed E-state index contributed by atoms with van der Waals surface area (Å²) in [6.45, 7) is 0.454. The summed E-state index contributed by atoms with van der Waals surface area (Å²) in [4.78, 5) is 3.65. The highest BCUT2D eigenvalue weighted by atomic mass is 79.9. The van der Waals surface area contributed by atoms with E-state index in [4.69, 9.17) is 4.74 Å². The van der Waals surface area contributed by atoms with Crippen LogP contribution in [0.3, 0.4) is 0 Å². The maximum atomic E-state index is 4.79. The zero-order chi connectivity index (χ0) is 4.41. The third kappa shape index (κ3) is 0.786. The lowest BCUT2D eigenvalue weighted by Gasteiger charge is -1.88. The number of alkyl halides is 1. The van der Waals surface area contributed by atoms with Crippen molar-refractivity contribution in [2.24, 2.45) is 4.99 Å². The van der Waals surface area contributed by atoms with Crippen LogP contribution in [0.1, 0.15) is 0 Å². The zero-order valence-electron chi connectivity index (χ0n) is 3.02. The quantitative estimate of drug-likeness (QED) is 0.463. The van der Waals surface area contributed by atoms with Crippen LogP contribution < -0.4 is 0 Å². The van der Waals surface area contributed by atoms with E-state index in [1.165, 1.54) is 0 Å². The zero-order valence-corrected chi connectivity index (χ0v) is 4.60. The van der Waals surface area contributed by atoms with Gasteiger partial charge in [0.15, 0.2) is 5.01 Å². The highest BCUT2D eigenvalue weighted by molar-refractivity contribution is 9.09. The fourth-order valence-corrected chi connectivity index (χ4v) is 0.512. The van der Waals surface area contributed by atoms with Crippen molar-refractivity contribution >= 4 is 22.1 Å². The molecule has 0 saturated heterocycles. The molecule has 0 N–H and O–H groups in total. The second-order valence-corrected chi connectivity index (χ2v) is 1.73. The van der Waals surface area contributed by atoms with Crippen molar-refractivity contribution < 1.29 is 4.74 Å².